The number of amides is 2. The van der Waals surface area contributed by atoms with Crippen LogP contribution in [0.1, 0.15) is 50.2 Å². The number of rotatable bonds is 9. The normalized spacial score (nSPS) is 15.2. The molecule has 0 aromatic heterocycles. The Balaban J connectivity index is 1.64. The predicted octanol–water partition coefficient (Wildman–Crippen LogP) is 6.09. The third kappa shape index (κ3) is 7.72. The fourth-order valence-corrected chi connectivity index (χ4v) is 5.10. The minimum Gasteiger partial charge on any atom is -0.352 e. The highest BCUT2D eigenvalue weighted by Gasteiger charge is 2.28. The van der Waals surface area contributed by atoms with E-state index in [1.54, 1.807) is 17.0 Å². The molecule has 4 nitrogen and oxygen atoms in total. The number of halogens is 2. The zero-order valence-electron chi connectivity index (χ0n) is 18.4. The molecule has 0 aliphatic heterocycles. The van der Waals surface area contributed by atoms with Crippen LogP contribution in [0.3, 0.4) is 0 Å². The van der Waals surface area contributed by atoms with Gasteiger partial charge in [-0.25, -0.2) is 0 Å². The van der Waals surface area contributed by atoms with Gasteiger partial charge in [0.05, 0.1) is 5.75 Å². The third-order valence-corrected chi connectivity index (χ3v) is 7.24. The van der Waals surface area contributed by atoms with Crippen molar-refractivity contribution < 1.29 is 9.59 Å². The highest BCUT2D eigenvalue weighted by molar-refractivity contribution is 7.99. The number of benzene rings is 2. The monoisotopic (exact) mass is 492 g/mol. The largest absolute Gasteiger partial charge is 0.352 e. The first kappa shape index (κ1) is 24.9. The van der Waals surface area contributed by atoms with E-state index in [-0.39, 0.29) is 17.9 Å². The first-order valence-corrected chi connectivity index (χ1v) is 13.0. The first-order chi connectivity index (χ1) is 15.4. The van der Waals surface area contributed by atoms with Crippen LogP contribution in [0.15, 0.2) is 48.5 Å². The van der Waals surface area contributed by atoms with E-state index in [0.717, 1.165) is 36.8 Å². The molecule has 1 N–H and O–H groups in total. The van der Waals surface area contributed by atoms with Gasteiger partial charge in [0.2, 0.25) is 11.8 Å². The molecule has 1 fully saturated rings. The summed E-state index contributed by atoms with van der Waals surface area (Å²) in [6.45, 7) is 2.18. The quantitative estimate of drug-likeness (QED) is 0.460. The maximum absolute atomic E-state index is 13.2. The minimum absolute atomic E-state index is 0.0572. The number of carbonyl (C=O) groups is 2. The number of nitrogens with zero attached hydrogens (tertiary/aromatic N) is 1. The molecular formula is C25H30Cl2N2O2S. The van der Waals surface area contributed by atoms with Crippen LogP contribution >= 0.6 is 35.0 Å². The Hall–Kier alpha value is -1.69. The van der Waals surface area contributed by atoms with Crippen molar-refractivity contribution >= 4 is 46.8 Å². The number of carbonyl (C=O) groups excluding carboxylic acids is 2. The van der Waals surface area contributed by atoms with E-state index in [9.17, 15) is 9.59 Å². The summed E-state index contributed by atoms with van der Waals surface area (Å²) in [5.74, 6) is 0.836. The molecule has 2 aromatic carbocycles. The Morgan fingerprint density at radius 2 is 1.75 bits per heavy atom. The van der Waals surface area contributed by atoms with Crippen molar-refractivity contribution in [3.63, 3.8) is 0 Å². The average molecular weight is 494 g/mol. The van der Waals surface area contributed by atoms with Gasteiger partial charge in [-0.05, 0) is 55.2 Å². The summed E-state index contributed by atoms with van der Waals surface area (Å²) in [6, 6.07) is 14.7. The number of hydrogen-bond acceptors (Lipinski definition) is 3. The fourth-order valence-electron chi connectivity index (χ4n) is 3.90. The molecule has 32 heavy (non-hydrogen) atoms. The minimum atomic E-state index is -0.549. The van der Waals surface area contributed by atoms with E-state index in [1.807, 2.05) is 43.3 Å². The lowest BCUT2D eigenvalue weighted by Crippen LogP contribution is -2.50. The molecule has 1 aliphatic rings. The van der Waals surface area contributed by atoms with E-state index >= 15 is 0 Å². The molecule has 0 radical (unpaired) electrons. The third-order valence-electron chi connectivity index (χ3n) is 5.77. The van der Waals surface area contributed by atoms with E-state index < -0.39 is 6.04 Å². The van der Waals surface area contributed by atoms with Gasteiger partial charge in [0, 0.05) is 28.4 Å². The Morgan fingerprint density at radius 1 is 1.03 bits per heavy atom. The van der Waals surface area contributed by atoms with Crippen LogP contribution in [0.25, 0.3) is 0 Å². The van der Waals surface area contributed by atoms with Gasteiger partial charge in [-0.1, -0.05) is 66.7 Å². The molecule has 0 saturated heterocycles. The van der Waals surface area contributed by atoms with Gasteiger partial charge in [0.15, 0.2) is 0 Å². The van der Waals surface area contributed by atoms with E-state index in [0.29, 0.717) is 28.1 Å². The van der Waals surface area contributed by atoms with Gasteiger partial charge >= 0.3 is 0 Å². The van der Waals surface area contributed by atoms with Crippen molar-refractivity contribution in [2.45, 2.75) is 63.4 Å². The second kappa shape index (κ2) is 12.5. The number of hydrogen-bond donors (Lipinski definition) is 1. The van der Waals surface area contributed by atoms with Crippen molar-refractivity contribution in [2.75, 3.05) is 5.75 Å². The van der Waals surface area contributed by atoms with Gasteiger partial charge in [0.1, 0.15) is 6.04 Å². The maximum Gasteiger partial charge on any atom is 0.242 e. The summed E-state index contributed by atoms with van der Waals surface area (Å²) < 4.78 is 0. The van der Waals surface area contributed by atoms with Crippen LogP contribution < -0.4 is 5.32 Å². The first-order valence-electron chi connectivity index (χ1n) is 11.1. The predicted molar refractivity (Wildman–Crippen MR) is 134 cm³/mol. The lowest BCUT2D eigenvalue weighted by Gasteiger charge is -2.31. The topological polar surface area (TPSA) is 49.4 Å². The molecule has 2 amide bonds. The second-order valence-electron chi connectivity index (χ2n) is 8.29. The summed E-state index contributed by atoms with van der Waals surface area (Å²) in [5, 5.41) is 4.49. The lowest BCUT2D eigenvalue weighted by atomic mass is 9.95. The Bertz CT molecular complexity index is 901. The molecule has 7 heteroatoms. The van der Waals surface area contributed by atoms with E-state index in [1.165, 1.54) is 18.2 Å². The van der Waals surface area contributed by atoms with Crippen LogP contribution in [-0.2, 0) is 21.9 Å². The summed E-state index contributed by atoms with van der Waals surface area (Å²) in [7, 11) is 0. The molecule has 172 valence electrons. The molecule has 1 saturated carbocycles. The molecule has 0 bridgehead atoms. The molecule has 1 atom stereocenters. The number of nitrogens with one attached hydrogen (secondary N) is 1. The second-order valence-corrected chi connectivity index (χ2v) is 10.1. The highest BCUT2D eigenvalue weighted by atomic mass is 35.5. The number of thioether (sulfide) groups is 1. The molecule has 0 unspecified atom stereocenters. The van der Waals surface area contributed by atoms with Gasteiger partial charge in [-0.3, -0.25) is 9.59 Å². The lowest BCUT2D eigenvalue weighted by molar-refractivity contribution is -0.139. The van der Waals surface area contributed by atoms with Crippen molar-refractivity contribution in [3.8, 4) is 0 Å². The summed E-state index contributed by atoms with van der Waals surface area (Å²) >= 11 is 13.6. The summed E-state index contributed by atoms with van der Waals surface area (Å²) in [6.07, 6.45) is 5.55. The smallest absolute Gasteiger partial charge is 0.242 e. The molecule has 0 heterocycles. The Kier molecular flexibility index (Phi) is 9.76. The fraction of sp³-hybridized carbons (Fsp3) is 0.440. The Labute approximate surface area is 205 Å². The van der Waals surface area contributed by atoms with Crippen LogP contribution in [0, 0.1) is 0 Å². The Morgan fingerprint density at radius 3 is 2.44 bits per heavy atom. The van der Waals surface area contributed by atoms with Crippen LogP contribution in [0.5, 0.6) is 0 Å². The van der Waals surface area contributed by atoms with Gasteiger partial charge in [-0.15, -0.1) is 11.8 Å². The standard InChI is InChI=1S/C25H30Cl2N2O2S/c1-18(25(31)28-23-8-3-2-4-9-23)29(15-19-10-12-21(26)13-11-19)24(30)17-32-16-20-6-5-7-22(27)14-20/h5-7,10-14,18,23H,2-4,8-9,15-17H2,1H3,(H,28,31)/t18-/m0/s1. The van der Waals surface area contributed by atoms with Gasteiger partial charge in [0.25, 0.3) is 0 Å². The zero-order chi connectivity index (χ0) is 22.9. The average Bonchev–Trinajstić information content (AvgIpc) is 2.79. The SMILES string of the molecule is C[C@@H](C(=O)NC1CCCCC1)N(Cc1ccc(Cl)cc1)C(=O)CSCc1cccc(Cl)c1. The van der Waals surface area contributed by atoms with Crippen molar-refractivity contribution in [3.05, 3.63) is 69.7 Å². The molecule has 3 rings (SSSR count). The highest BCUT2D eigenvalue weighted by Crippen LogP contribution is 2.20. The van der Waals surface area contributed by atoms with Gasteiger partial charge in [-0.2, -0.15) is 0 Å². The van der Waals surface area contributed by atoms with Crippen LogP contribution in [0.4, 0.5) is 0 Å². The van der Waals surface area contributed by atoms with Crippen LogP contribution in [-0.4, -0.2) is 34.6 Å². The zero-order valence-corrected chi connectivity index (χ0v) is 20.7. The molecule has 0 spiro atoms. The summed E-state index contributed by atoms with van der Waals surface area (Å²) in [4.78, 5) is 27.8. The molecule has 1 aliphatic carbocycles. The van der Waals surface area contributed by atoms with Crippen molar-refractivity contribution in [2.24, 2.45) is 0 Å². The van der Waals surface area contributed by atoms with Crippen LogP contribution in [0.2, 0.25) is 10.0 Å². The van der Waals surface area contributed by atoms with E-state index in [4.69, 9.17) is 23.2 Å². The summed E-state index contributed by atoms with van der Waals surface area (Å²) in [5.41, 5.74) is 2.02. The van der Waals surface area contributed by atoms with Crippen molar-refractivity contribution in [1.82, 2.24) is 10.2 Å². The maximum atomic E-state index is 13.2. The molecular weight excluding hydrogens is 463 g/mol. The van der Waals surface area contributed by atoms with E-state index in [2.05, 4.69) is 5.32 Å². The van der Waals surface area contributed by atoms with Crippen molar-refractivity contribution in [1.29, 1.82) is 0 Å². The van der Waals surface area contributed by atoms with Gasteiger partial charge < -0.3 is 10.2 Å². The molecule has 2 aromatic rings.